The van der Waals surface area contributed by atoms with Crippen molar-refractivity contribution in [1.82, 2.24) is 19.8 Å². The Labute approximate surface area is 215 Å². The van der Waals surface area contributed by atoms with Crippen molar-refractivity contribution in [3.05, 3.63) is 54.1 Å². The maximum atomic E-state index is 13.1. The van der Waals surface area contributed by atoms with Crippen molar-refractivity contribution >= 4 is 11.8 Å². The van der Waals surface area contributed by atoms with E-state index in [1.807, 2.05) is 56.3 Å². The third-order valence-electron chi connectivity index (χ3n) is 6.33. The molecule has 0 bridgehead atoms. The van der Waals surface area contributed by atoms with Crippen LogP contribution in [0.4, 0.5) is 0 Å². The number of likely N-dealkylation sites (tertiary alicyclic amines) is 1. The molecule has 198 valence electrons. The summed E-state index contributed by atoms with van der Waals surface area (Å²) in [6, 6.07) is 9.57. The van der Waals surface area contributed by atoms with Crippen molar-refractivity contribution < 1.29 is 19.1 Å². The molecular formula is C28H42N4O4. The normalized spacial score (nSPS) is 15.6. The zero-order valence-electron chi connectivity index (χ0n) is 22.2. The van der Waals surface area contributed by atoms with Crippen LogP contribution in [0.5, 0.6) is 0 Å². The van der Waals surface area contributed by atoms with Crippen LogP contribution in [0, 0.1) is 0 Å². The highest BCUT2D eigenvalue weighted by molar-refractivity contribution is 5.87. The number of nitrogens with zero attached hydrogens (tertiary/aromatic N) is 3. The summed E-state index contributed by atoms with van der Waals surface area (Å²) in [5, 5.41) is 2.76. The molecule has 0 aliphatic carbocycles. The summed E-state index contributed by atoms with van der Waals surface area (Å²) in [6.45, 7) is 11.0. The van der Waals surface area contributed by atoms with Crippen molar-refractivity contribution in [2.24, 2.45) is 0 Å². The van der Waals surface area contributed by atoms with Gasteiger partial charge in [-0.2, -0.15) is 0 Å². The highest BCUT2D eigenvalue weighted by Crippen LogP contribution is 2.27. The molecule has 1 fully saturated rings. The van der Waals surface area contributed by atoms with Crippen LogP contribution in [-0.4, -0.2) is 64.2 Å². The molecule has 1 atom stereocenters. The fourth-order valence-electron chi connectivity index (χ4n) is 4.45. The van der Waals surface area contributed by atoms with Crippen molar-refractivity contribution in [2.75, 3.05) is 26.3 Å². The molecule has 1 saturated heterocycles. The predicted octanol–water partition coefficient (Wildman–Crippen LogP) is 3.91. The molecule has 0 saturated carbocycles. The Morgan fingerprint density at radius 3 is 2.53 bits per heavy atom. The van der Waals surface area contributed by atoms with Crippen LogP contribution in [0.15, 0.2) is 42.7 Å². The van der Waals surface area contributed by atoms with Gasteiger partial charge in [-0.1, -0.05) is 30.3 Å². The lowest BCUT2D eigenvalue weighted by Crippen LogP contribution is -2.53. The first-order valence-electron chi connectivity index (χ1n) is 13.1. The molecule has 1 aromatic heterocycles. The first-order chi connectivity index (χ1) is 17.2. The lowest BCUT2D eigenvalue weighted by atomic mass is 9.95. The van der Waals surface area contributed by atoms with Gasteiger partial charge in [-0.15, -0.1) is 0 Å². The number of nitrogens with one attached hydrogen (secondary N) is 1. The zero-order chi connectivity index (χ0) is 26.0. The average molecular weight is 499 g/mol. The highest BCUT2D eigenvalue weighted by Gasteiger charge is 2.31. The number of hydrogen-bond donors (Lipinski definition) is 1. The van der Waals surface area contributed by atoms with E-state index >= 15 is 0 Å². The van der Waals surface area contributed by atoms with E-state index in [-0.39, 0.29) is 24.0 Å². The third-order valence-corrected chi connectivity index (χ3v) is 6.33. The minimum Gasteiger partial charge on any atom is -0.377 e. The van der Waals surface area contributed by atoms with E-state index in [4.69, 9.17) is 9.47 Å². The first kappa shape index (κ1) is 27.9. The molecule has 2 aromatic rings. The Kier molecular flexibility index (Phi) is 10.5. The smallest absolute Gasteiger partial charge is 0.247 e. The SMILES string of the molecule is CC(=O)NC(COC(C)(C)C)C(=O)N1CCC(c2nccn2CCCCOCc2ccccc2)CC1. The number of aryl methyl sites for hydroxylation is 1. The highest BCUT2D eigenvalue weighted by atomic mass is 16.5. The van der Waals surface area contributed by atoms with Crippen molar-refractivity contribution in [2.45, 2.75) is 84.1 Å². The van der Waals surface area contributed by atoms with Crippen LogP contribution in [0.1, 0.15) is 70.7 Å². The summed E-state index contributed by atoms with van der Waals surface area (Å²) in [5.41, 5.74) is 0.819. The molecular weight excluding hydrogens is 456 g/mol. The lowest BCUT2D eigenvalue weighted by Gasteiger charge is -2.35. The van der Waals surface area contributed by atoms with Crippen LogP contribution in [0.25, 0.3) is 0 Å². The second-order valence-electron chi connectivity index (χ2n) is 10.5. The molecule has 1 unspecified atom stereocenters. The summed E-state index contributed by atoms with van der Waals surface area (Å²) in [7, 11) is 0. The van der Waals surface area contributed by atoms with Crippen molar-refractivity contribution in [1.29, 1.82) is 0 Å². The Hall–Kier alpha value is -2.71. The molecule has 1 aliphatic rings. The summed E-state index contributed by atoms with van der Waals surface area (Å²) in [4.78, 5) is 31.3. The number of rotatable bonds is 12. The molecule has 2 amide bonds. The predicted molar refractivity (Wildman–Crippen MR) is 139 cm³/mol. The molecule has 1 aliphatic heterocycles. The Morgan fingerprint density at radius 2 is 1.86 bits per heavy atom. The van der Waals surface area contributed by atoms with E-state index in [0.717, 1.165) is 44.7 Å². The van der Waals surface area contributed by atoms with E-state index in [9.17, 15) is 9.59 Å². The van der Waals surface area contributed by atoms with Gasteiger partial charge in [-0.25, -0.2) is 4.98 Å². The van der Waals surface area contributed by atoms with E-state index in [1.54, 1.807) is 0 Å². The number of piperidine rings is 1. The van der Waals surface area contributed by atoms with E-state index in [2.05, 4.69) is 27.0 Å². The fraction of sp³-hybridized carbons (Fsp3) is 0.607. The zero-order valence-corrected chi connectivity index (χ0v) is 22.2. The molecule has 1 aromatic carbocycles. The van der Waals surface area contributed by atoms with Gasteiger partial charge in [0.2, 0.25) is 11.8 Å². The minimum atomic E-state index is -0.663. The van der Waals surface area contributed by atoms with Gasteiger partial charge in [0, 0.05) is 51.5 Å². The molecule has 8 nitrogen and oxygen atoms in total. The Bertz CT molecular complexity index is 946. The molecule has 3 rings (SSSR count). The van der Waals surface area contributed by atoms with Crippen LogP contribution in [0.3, 0.4) is 0 Å². The largest absolute Gasteiger partial charge is 0.377 e. The molecule has 8 heteroatoms. The number of amides is 2. The molecule has 0 radical (unpaired) electrons. The number of imidazole rings is 1. The Balaban J connectivity index is 1.43. The topological polar surface area (TPSA) is 85.7 Å². The summed E-state index contributed by atoms with van der Waals surface area (Å²) >= 11 is 0. The Morgan fingerprint density at radius 1 is 1.14 bits per heavy atom. The van der Waals surface area contributed by atoms with E-state index in [0.29, 0.717) is 25.6 Å². The van der Waals surface area contributed by atoms with E-state index < -0.39 is 6.04 Å². The monoisotopic (exact) mass is 498 g/mol. The molecule has 1 N–H and O–H groups in total. The quantitative estimate of drug-likeness (QED) is 0.449. The van der Waals surface area contributed by atoms with Gasteiger partial charge in [-0.05, 0) is 52.0 Å². The summed E-state index contributed by atoms with van der Waals surface area (Å²) in [6.07, 6.45) is 7.66. The minimum absolute atomic E-state index is 0.0771. The van der Waals surface area contributed by atoms with Gasteiger partial charge in [0.15, 0.2) is 0 Å². The molecule has 0 spiro atoms. The number of carbonyl (C=O) groups excluding carboxylic acids is 2. The summed E-state index contributed by atoms with van der Waals surface area (Å²) in [5.74, 6) is 1.12. The van der Waals surface area contributed by atoms with Crippen LogP contribution >= 0.6 is 0 Å². The standard InChI is InChI=1S/C28H42N4O4/c1-22(33)30-25(21-36-28(2,3)4)27(34)32-16-12-24(13-17-32)26-29-14-18-31(26)15-8-9-19-35-20-23-10-6-5-7-11-23/h5-7,10-11,14,18,24-25H,8-9,12-13,15-17,19-21H2,1-4H3,(H,30,33). The third kappa shape index (κ3) is 9.06. The van der Waals surface area contributed by atoms with Gasteiger partial charge in [-0.3, -0.25) is 9.59 Å². The number of unbranched alkanes of at least 4 members (excludes halogenated alkanes) is 1. The van der Waals surface area contributed by atoms with Crippen molar-refractivity contribution in [3.8, 4) is 0 Å². The van der Waals surface area contributed by atoms with Crippen molar-refractivity contribution in [3.63, 3.8) is 0 Å². The number of benzene rings is 1. The first-order valence-corrected chi connectivity index (χ1v) is 13.1. The maximum absolute atomic E-state index is 13.1. The second kappa shape index (κ2) is 13.6. The molecule has 2 heterocycles. The van der Waals surface area contributed by atoms with Gasteiger partial charge in [0.25, 0.3) is 0 Å². The van der Waals surface area contributed by atoms with Gasteiger partial charge >= 0.3 is 0 Å². The van der Waals surface area contributed by atoms with Gasteiger partial charge < -0.3 is 24.3 Å². The van der Waals surface area contributed by atoms with Gasteiger partial charge in [0.05, 0.1) is 18.8 Å². The number of aromatic nitrogens is 2. The van der Waals surface area contributed by atoms with Crippen LogP contribution in [0.2, 0.25) is 0 Å². The van der Waals surface area contributed by atoms with Crippen LogP contribution in [-0.2, 0) is 32.2 Å². The lowest BCUT2D eigenvalue weighted by molar-refractivity contribution is -0.140. The summed E-state index contributed by atoms with van der Waals surface area (Å²) < 4.78 is 13.8. The molecule has 36 heavy (non-hydrogen) atoms. The van der Waals surface area contributed by atoms with Crippen LogP contribution < -0.4 is 5.32 Å². The maximum Gasteiger partial charge on any atom is 0.247 e. The average Bonchev–Trinajstić information content (AvgIpc) is 3.32. The van der Waals surface area contributed by atoms with Gasteiger partial charge in [0.1, 0.15) is 11.9 Å². The fourth-order valence-corrected chi connectivity index (χ4v) is 4.45. The second-order valence-corrected chi connectivity index (χ2v) is 10.5. The van der Waals surface area contributed by atoms with E-state index in [1.165, 1.54) is 12.5 Å². The number of ether oxygens (including phenoxy) is 2. The number of carbonyl (C=O) groups is 2. The number of hydrogen-bond acceptors (Lipinski definition) is 5.